The second-order valence-electron chi connectivity index (χ2n) is 8.26. The molecule has 1 heterocycles. The molecule has 0 spiro atoms. The number of hydrogen-bond acceptors (Lipinski definition) is 5. The third kappa shape index (κ3) is 8.77. The Labute approximate surface area is 196 Å². The summed E-state index contributed by atoms with van der Waals surface area (Å²) in [4.78, 5) is 24.5. The molecule has 0 saturated carbocycles. The third-order valence-electron chi connectivity index (χ3n) is 5.52. The van der Waals surface area contributed by atoms with Gasteiger partial charge in [-0.2, -0.15) is 0 Å². The van der Waals surface area contributed by atoms with Crippen molar-refractivity contribution in [1.82, 2.24) is 5.32 Å². The smallest absolute Gasteiger partial charge is 0.251 e. The van der Waals surface area contributed by atoms with E-state index < -0.39 is 0 Å². The molecule has 7 heteroatoms. The van der Waals surface area contributed by atoms with Gasteiger partial charge < -0.3 is 25.4 Å². The van der Waals surface area contributed by atoms with Crippen molar-refractivity contribution < 1.29 is 19.1 Å². The first kappa shape index (κ1) is 24.6. The SMILES string of the molecule is CCCCCCOc1ccc(NC(=O)CNc2ccc(C(=O)NCC3CCCO3)cc2)cc1. The van der Waals surface area contributed by atoms with Crippen molar-refractivity contribution in [1.29, 1.82) is 0 Å². The Morgan fingerprint density at radius 1 is 1.00 bits per heavy atom. The largest absolute Gasteiger partial charge is 0.494 e. The fourth-order valence-electron chi connectivity index (χ4n) is 3.59. The zero-order valence-electron chi connectivity index (χ0n) is 19.4. The molecule has 1 aliphatic rings. The van der Waals surface area contributed by atoms with Gasteiger partial charge in [0.15, 0.2) is 0 Å². The Balaban J connectivity index is 1.35. The van der Waals surface area contributed by atoms with E-state index in [0.717, 1.165) is 43.0 Å². The molecule has 1 unspecified atom stereocenters. The van der Waals surface area contributed by atoms with E-state index >= 15 is 0 Å². The lowest BCUT2D eigenvalue weighted by Crippen LogP contribution is -2.31. The molecule has 0 aromatic heterocycles. The second kappa shape index (κ2) is 13.5. The molecule has 1 atom stereocenters. The number of carbonyl (C=O) groups is 2. The third-order valence-corrected chi connectivity index (χ3v) is 5.52. The zero-order valence-corrected chi connectivity index (χ0v) is 19.4. The summed E-state index contributed by atoms with van der Waals surface area (Å²) in [6.07, 6.45) is 6.84. The first-order valence-electron chi connectivity index (χ1n) is 11.9. The van der Waals surface area contributed by atoms with E-state index in [1.807, 2.05) is 24.3 Å². The monoisotopic (exact) mass is 453 g/mol. The van der Waals surface area contributed by atoms with Crippen LogP contribution in [-0.4, -0.2) is 44.2 Å². The van der Waals surface area contributed by atoms with E-state index in [9.17, 15) is 9.59 Å². The minimum atomic E-state index is -0.151. The Hall–Kier alpha value is -3.06. The highest BCUT2D eigenvalue weighted by atomic mass is 16.5. The quantitative estimate of drug-likeness (QED) is 0.386. The van der Waals surface area contributed by atoms with Gasteiger partial charge in [0.1, 0.15) is 5.75 Å². The normalized spacial score (nSPS) is 15.1. The molecule has 2 amide bonds. The van der Waals surface area contributed by atoms with Crippen LogP contribution in [0.5, 0.6) is 5.75 Å². The highest BCUT2D eigenvalue weighted by Crippen LogP contribution is 2.17. The number of amides is 2. The number of ether oxygens (including phenoxy) is 2. The maximum atomic E-state index is 12.2. The first-order chi connectivity index (χ1) is 16.1. The standard InChI is InChI=1S/C26H35N3O4/c1-2-3-4-5-16-32-23-14-12-22(13-15-23)29-25(30)19-27-21-10-8-20(9-11-21)26(31)28-18-24-7-6-17-33-24/h8-15,24,27H,2-7,16-19H2,1H3,(H,28,31)(H,29,30). The fraction of sp³-hybridized carbons (Fsp3) is 0.462. The lowest BCUT2D eigenvalue weighted by atomic mass is 10.2. The number of rotatable bonds is 13. The van der Waals surface area contributed by atoms with Crippen molar-refractivity contribution >= 4 is 23.2 Å². The van der Waals surface area contributed by atoms with Gasteiger partial charge in [-0.1, -0.05) is 26.2 Å². The number of nitrogens with one attached hydrogen (secondary N) is 3. The molecule has 3 rings (SSSR count). The van der Waals surface area contributed by atoms with Gasteiger partial charge >= 0.3 is 0 Å². The average Bonchev–Trinajstić information content (AvgIpc) is 3.36. The molecular formula is C26H35N3O4. The van der Waals surface area contributed by atoms with Crippen molar-refractivity contribution in [2.45, 2.75) is 51.6 Å². The van der Waals surface area contributed by atoms with Crippen LogP contribution in [0.4, 0.5) is 11.4 Å². The summed E-state index contributed by atoms with van der Waals surface area (Å²) in [6, 6.07) is 14.5. The van der Waals surface area contributed by atoms with E-state index in [1.165, 1.54) is 19.3 Å². The van der Waals surface area contributed by atoms with E-state index in [-0.39, 0.29) is 24.5 Å². The molecule has 0 aliphatic carbocycles. The summed E-state index contributed by atoms with van der Waals surface area (Å²) in [5.74, 6) is 0.535. The van der Waals surface area contributed by atoms with Gasteiger partial charge in [0.2, 0.25) is 5.91 Å². The van der Waals surface area contributed by atoms with Crippen LogP contribution in [0.2, 0.25) is 0 Å². The predicted molar refractivity (Wildman–Crippen MR) is 131 cm³/mol. The van der Waals surface area contributed by atoms with Crippen LogP contribution in [0.25, 0.3) is 0 Å². The molecule has 0 radical (unpaired) electrons. The van der Waals surface area contributed by atoms with Crippen LogP contribution in [0.3, 0.4) is 0 Å². The van der Waals surface area contributed by atoms with Gasteiger partial charge in [-0.3, -0.25) is 9.59 Å². The molecular weight excluding hydrogens is 418 g/mol. The highest BCUT2D eigenvalue weighted by Gasteiger charge is 2.16. The Kier molecular flexibility index (Phi) is 10.0. The molecule has 1 fully saturated rings. The molecule has 3 N–H and O–H groups in total. The summed E-state index contributed by atoms with van der Waals surface area (Å²) in [6.45, 7) is 4.33. The van der Waals surface area contributed by atoms with Gasteiger partial charge in [0, 0.05) is 30.1 Å². The van der Waals surface area contributed by atoms with Crippen molar-refractivity contribution in [2.24, 2.45) is 0 Å². The van der Waals surface area contributed by atoms with E-state index in [1.54, 1.807) is 24.3 Å². The second-order valence-corrected chi connectivity index (χ2v) is 8.26. The zero-order chi connectivity index (χ0) is 23.3. The van der Waals surface area contributed by atoms with Crippen molar-refractivity contribution in [2.75, 3.05) is 36.9 Å². The molecule has 0 bridgehead atoms. The van der Waals surface area contributed by atoms with Gasteiger partial charge in [-0.05, 0) is 67.8 Å². The maximum Gasteiger partial charge on any atom is 0.251 e. The van der Waals surface area contributed by atoms with E-state index in [2.05, 4.69) is 22.9 Å². The number of benzene rings is 2. The molecule has 178 valence electrons. The van der Waals surface area contributed by atoms with Crippen LogP contribution in [0.1, 0.15) is 55.8 Å². The fourth-order valence-corrected chi connectivity index (χ4v) is 3.59. The number of hydrogen-bond donors (Lipinski definition) is 3. The van der Waals surface area contributed by atoms with Crippen LogP contribution in [-0.2, 0) is 9.53 Å². The van der Waals surface area contributed by atoms with Crippen molar-refractivity contribution in [3.05, 3.63) is 54.1 Å². The van der Waals surface area contributed by atoms with Crippen molar-refractivity contribution in [3.8, 4) is 5.75 Å². The van der Waals surface area contributed by atoms with Crippen LogP contribution < -0.4 is 20.7 Å². The first-order valence-corrected chi connectivity index (χ1v) is 11.9. The van der Waals surface area contributed by atoms with E-state index in [4.69, 9.17) is 9.47 Å². The summed E-state index contributed by atoms with van der Waals surface area (Å²) < 4.78 is 11.2. The molecule has 7 nitrogen and oxygen atoms in total. The van der Waals surface area contributed by atoms with Crippen molar-refractivity contribution in [3.63, 3.8) is 0 Å². The number of unbranched alkanes of at least 4 members (excludes halogenated alkanes) is 3. The van der Waals surface area contributed by atoms with Crippen LogP contribution in [0.15, 0.2) is 48.5 Å². The number of anilines is 2. The Morgan fingerprint density at radius 3 is 2.45 bits per heavy atom. The van der Waals surface area contributed by atoms with Crippen LogP contribution in [0, 0.1) is 0 Å². The van der Waals surface area contributed by atoms with E-state index in [0.29, 0.717) is 18.7 Å². The lowest BCUT2D eigenvalue weighted by molar-refractivity contribution is -0.114. The Morgan fingerprint density at radius 2 is 1.76 bits per heavy atom. The molecule has 2 aromatic carbocycles. The lowest BCUT2D eigenvalue weighted by Gasteiger charge is -2.11. The minimum Gasteiger partial charge on any atom is -0.494 e. The average molecular weight is 454 g/mol. The number of carbonyl (C=O) groups excluding carboxylic acids is 2. The van der Waals surface area contributed by atoms with Crippen LogP contribution >= 0.6 is 0 Å². The topological polar surface area (TPSA) is 88.7 Å². The van der Waals surface area contributed by atoms with Gasteiger partial charge in [0.05, 0.1) is 19.3 Å². The Bertz CT molecular complexity index is 862. The molecule has 1 aliphatic heterocycles. The summed E-state index contributed by atoms with van der Waals surface area (Å²) in [5, 5.41) is 8.84. The summed E-state index contributed by atoms with van der Waals surface area (Å²) in [7, 11) is 0. The van der Waals surface area contributed by atoms with Gasteiger partial charge in [-0.25, -0.2) is 0 Å². The summed E-state index contributed by atoms with van der Waals surface area (Å²) >= 11 is 0. The molecule has 1 saturated heterocycles. The minimum absolute atomic E-state index is 0.118. The predicted octanol–water partition coefficient (Wildman–Crippen LogP) is 4.61. The maximum absolute atomic E-state index is 12.2. The molecule has 2 aromatic rings. The molecule has 33 heavy (non-hydrogen) atoms. The highest BCUT2D eigenvalue weighted by molar-refractivity contribution is 5.95. The van der Waals surface area contributed by atoms with Gasteiger partial charge in [-0.15, -0.1) is 0 Å². The van der Waals surface area contributed by atoms with Gasteiger partial charge in [0.25, 0.3) is 5.91 Å². The summed E-state index contributed by atoms with van der Waals surface area (Å²) in [5.41, 5.74) is 2.07.